The molecule has 0 saturated carbocycles. The van der Waals surface area contributed by atoms with E-state index in [4.69, 9.17) is 14.6 Å². The van der Waals surface area contributed by atoms with E-state index in [9.17, 15) is 0 Å². The van der Waals surface area contributed by atoms with Crippen LogP contribution in [-0.4, -0.2) is 25.9 Å². The van der Waals surface area contributed by atoms with E-state index in [-0.39, 0.29) is 6.61 Å². The normalized spacial score (nSPS) is 11.5. The predicted octanol–water partition coefficient (Wildman–Crippen LogP) is 2.49. The highest BCUT2D eigenvalue weighted by Gasteiger charge is 2.08. The minimum Gasteiger partial charge on any atom is -0.497 e. The molecule has 17 heavy (non-hydrogen) atoms. The maximum Gasteiger partial charge on any atom is 0.125 e. The molecule has 3 nitrogen and oxygen atoms in total. The molecule has 0 amide bonds. The third kappa shape index (κ3) is 3.49. The molecule has 3 heteroatoms. The van der Waals surface area contributed by atoms with Gasteiger partial charge in [-0.1, -0.05) is 11.6 Å². The monoisotopic (exact) mass is 236 g/mol. The quantitative estimate of drug-likeness (QED) is 0.798. The van der Waals surface area contributed by atoms with Crippen LogP contribution in [0.3, 0.4) is 0 Å². The lowest BCUT2D eigenvalue weighted by atomic mass is 10.0. The van der Waals surface area contributed by atoms with Gasteiger partial charge in [-0.25, -0.2) is 0 Å². The van der Waals surface area contributed by atoms with E-state index in [0.29, 0.717) is 0 Å². The number of hydrogen-bond donors (Lipinski definition) is 1. The van der Waals surface area contributed by atoms with Crippen LogP contribution in [0.5, 0.6) is 11.5 Å². The first-order valence-corrected chi connectivity index (χ1v) is 5.60. The van der Waals surface area contributed by atoms with Gasteiger partial charge in [0.15, 0.2) is 0 Å². The number of benzene rings is 1. The second-order valence-electron chi connectivity index (χ2n) is 4.05. The lowest BCUT2D eigenvalue weighted by Crippen LogP contribution is -1.97. The number of allylic oxidation sites excluding steroid dienone is 1. The van der Waals surface area contributed by atoms with Crippen LogP contribution < -0.4 is 9.47 Å². The molecular formula is C14H20O3. The van der Waals surface area contributed by atoms with Crippen molar-refractivity contribution >= 4 is 0 Å². The zero-order valence-corrected chi connectivity index (χ0v) is 10.9. The number of hydrogen-bond acceptors (Lipinski definition) is 3. The molecule has 94 valence electrons. The van der Waals surface area contributed by atoms with Crippen LogP contribution >= 0.6 is 0 Å². The van der Waals surface area contributed by atoms with Gasteiger partial charge in [0.25, 0.3) is 0 Å². The standard InChI is InChI=1S/C14H20O3/c1-10(9-15)5-6-12-8-13(16-3)7-11(2)14(12)17-4/h5,7-8,15H,6,9H2,1-4H3/b10-5+. The summed E-state index contributed by atoms with van der Waals surface area (Å²) < 4.78 is 10.6. The minimum atomic E-state index is 0.0886. The Hall–Kier alpha value is -1.48. The summed E-state index contributed by atoms with van der Waals surface area (Å²) in [5.74, 6) is 1.71. The van der Waals surface area contributed by atoms with Gasteiger partial charge in [0.05, 0.1) is 20.8 Å². The molecule has 0 aliphatic heterocycles. The molecule has 0 aliphatic carbocycles. The summed E-state index contributed by atoms with van der Waals surface area (Å²) in [7, 11) is 3.32. The van der Waals surface area contributed by atoms with Gasteiger partial charge in [0.1, 0.15) is 11.5 Å². The smallest absolute Gasteiger partial charge is 0.125 e. The second kappa shape index (κ2) is 6.30. The van der Waals surface area contributed by atoms with Crippen molar-refractivity contribution in [3.8, 4) is 11.5 Å². The molecule has 0 saturated heterocycles. The number of aliphatic hydroxyl groups excluding tert-OH is 1. The van der Waals surface area contributed by atoms with Crippen molar-refractivity contribution in [3.63, 3.8) is 0 Å². The largest absolute Gasteiger partial charge is 0.497 e. The van der Waals surface area contributed by atoms with Gasteiger partial charge in [0, 0.05) is 5.56 Å². The van der Waals surface area contributed by atoms with Crippen molar-refractivity contribution in [3.05, 3.63) is 34.9 Å². The second-order valence-corrected chi connectivity index (χ2v) is 4.05. The zero-order chi connectivity index (χ0) is 12.8. The molecule has 0 radical (unpaired) electrons. The molecule has 1 N–H and O–H groups in total. The van der Waals surface area contributed by atoms with E-state index in [1.807, 2.05) is 32.1 Å². The van der Waals surface area contributed by atoms with Crippen molar-refractivity contribution < 1.29 is 14.6 Å². The summed E-state index contributed by atoms with van der Waals surface area (Å²) in [5, 5.41) is 8.97. The van der Waals surface area contributed by atoms with Crippen LogP contribution in [-0.2, 0) is 6.42 Å². The highest BCUT2D eigenvalue weighted by Crippen LogP contribution is 2.29. The van der Waals surface area contributed by atoms with Gasteiger partial charge in [-0.15, -0.1) is 0 Å². The number of ether oxygens (including phenoxy) is 2. The van der Waals surface area contributed by atoms with E-state index >= 15 is 0 Å². The number of methoxy groups -OCH3 is 2. The topological polar surface area (TPSA) is 38.7 Å². The van der Waals surface area contributed by atoms with Gasteiger partial charge in [0.2, 0.25) is 0 Å². The third-order valence-corrected chi connectivity index (χ3v) is 2.68. The van der Waals surface area contributed by atoms with Crippen LogP contribution in [0, 0.1) is 6.92 Å². The lowest BCUT2D eigenvalue weighted by Gasteiger charge is -2.12. The maximum absolute atomic E-state index is 8.97. The van der Waals surface area contributed by atoms with E-state index in [1.165, 1.54) is 0 Å². The summed E-state index contributed by atoms with van der Waals surface area (Å²) in [6.45, 7) is 3.98. The van der Waals surface area contributed by atoms with Crippen molar-refractivity contribution in [2.75, 3.05) is 20.8 Å². The van der Waals surface area contributed by atoms with Crippen LogP contribution in [0.15, 0.2) is 23.8 Å². The molecule has 1 aromatic rings. The Bertz CT molecular complexity index is 408. The highest BCUT2D eigenvalue weighted by molar-refractivity contribution is 5.47. The molecule has 0 bridgehead atoms. The number of aryl methyl sites for hydroxylation is 1. The van der Waals surface area contributed by atoms with E-state index in [0.717, 1.165) is 34.6 Å². The Morgan fingerprint density at radius 3 is 2.53 bits per heavy atom. The number of rotatable bonds is 5. The molecular weight excluding hydrogens is 216 g/mol. The molecule has 0 atom stereocenters. The van der Waals surface area contributed by atoms with Crippen LogP contribution in [0.4, 0.5) is 0 Å². The molecule has 1 aromatic carbocycles. The number of aliphatic hydroxyl groups is 1. The van der Waals surface area contributed by atoms with E-state index in [2.05, 4.69) is 0 Å². The zero-order valence-electron chi connectivity index (χ0n) is 10.9. The van der Waals surface area contributed by atoms with Crippen molar-refractivity contribution in [1.29, 1.82) is 0 Å². The van der Waals surface area contributed by atoms with Gasteiger partial charge < -0.3 is 14.6 Å². The molecule has 0 spiro atoms. The van der Waals surface area contributed by atoms with Crippen molar-refractivity contribution in [1.82, 2.24) is 0 Å². The Morgan fingerprint density at radius 2 is 2.00 bits per heavy atom. The van der Waals surface area contributed by atoms with Crippen LogP contribution in [0.1, 0.15) is 18.1 Å². The fourth-order valence-electron chi connectivity index (χ4n) is 1.72. The summed E-state index contributed by atoms with van der Waals surface area (Å²) >= 11 is 0. The maximum atomic E-state index is 8.97. The Morgan fingerprint density at radius 1 is 1.29 bits per heavy atom. The molecule has 0 fully saturated rings. The fraction of sp³-hybridized carbons (Fsp3) is 0.429. The third-order valence-electron chi connectivity index (χ3n) is 2.68. The van der Waals surface area contributed by atoms with Crippen LogP contribution in [0.2, 0.25) is 0 Å². The highest BCUT2D eigenvalue weighted by atomic mass is 16.5. The Kier molecular flexibility index (Phi) is 5.04. The summed E-state index contributed by atoms with van der Waals surface area (Å²) in [6.07, 6.45) is 2.73. The SMILES string of the molecule is COc1cc(C)c(OC)c(C/C=C(\C)CO)c1. The van der Waals surface area contributed by atoms with Crippen molar-refractivity contribution in [2.45, 2.75) is 20.3 Å². The average molecular weight is 236 g/mol. The van der Waals surface area contributed by atoms with Crippen LogP contribution in [0.25, 0.3) is 0 Å². The Labute approximate surface area is 103 Å². The molecule has 1 rings (SSSR count). The van der Waals surface area contributed by atoms with E-state index in [1.54, 1.807) is 14.2 Å². The first-order chi connectivity index (χ1) is 8.12. The van der Waals surface area contributed by atoms with Gasteiger partial charge in [-0.05, 0) is 38.0 Å². The van der Waals surface area contributed by atoms with Gasteiger partial charge in [-0.3, -0.25) is 0 Å². The fourth-order valence-corrected chi connectivity index (χ4v) is 1.72. The van der Waals surface area contributed by atoms with E-state index < -0.39 is 0 Å². The van der Waals surface area contributed by atoms with Gasteiger partial charge >= 0.3 is 0 Å². The lowest BCUT2D eigenvalue weighted by molar-refractivity contribution is 0.331. The predicted molar refractivity (Wildman–Crippen MR) is 68.8 cm³/mol. The Balaban J connectivity index is 3.07. The first kappa shape index (κ1) is 13.6. The summed E-state index contributed by atoms with van der Waals surface area (Å²) in [6, 6.07) is 3.91. The molecule has 0 heterocycles. The molecule has 0 aliphatic rings. The molecule has 0 aromatic heterocycles. The average Bonchev–Trinajstić information content (AvgIpc) is 2.35. The summed E-state index contributed by atoms with van der Waals surface area (Å²) in [4.78, 5) is 0. The summed E-state index contributed by atoms with van der Waals surface area (Å²) in [5.41, 5.74) is 3.07. The van der Waals surface area contributed by atoms with Gasteiger partial charge in [-0.2, -0.15) is 0 Å². The minimum absolute atomic E-state index is 0.0886. The van der Waals surface area contributed by atoms with Crippen molar-refractivity contribution in [2.24, 2.45) is 0 Å². The molecule has 0 unspecified atom stereocenters. The first-order valence-electron chi connectivity index (χ1n) is 5.60.